The second-order valence-corrected chi connectivity index (χ2v) is 10.0. The van der Waals surface area contributed by atoms with Crippen LogP contribution in [-0.2, 0) is 25.5 Å². The first-order valence-electron chi connectivity index (χ1n) is 12.3. The molecule has 1 unspecified atom stereocenters. The number of methoxy groups -OCH3 is 1. The average molecular weight is 523 g/mol. The minimum absolute atomic E-state index is 0.0200. The maximum Gasteiger partial charge on any atom is 0.410 e. The molecule has 0 N–H and O–H groups in total. The zero-order chi connectivity index (χ0) is 27.9. The third kappa shape index (κ3) is 6.59. The summed E-state index contributed by atoms with van der Waals surface area (Å²) >= 11 is 0. The molecule has 0 spiro atoms. The summed E-state index contributed by atoms with van der Waals surface area (Å²) < 4.78 is 16.1. The molecule has 0 bridgehead atoms. The zero-order valence-electron chi connectivity index (χ0n) is 22.3. The standard InChI is InChI=1S/C29H34N2O7/c1-6-18-37-26(34)29(19-21-10-8-7-9-11-21)20-30(27(35)38-28(2,3)4)16-17-31(25(29)33)24(32)22-12-14-23(36-5)15-13-22/h6-15H,1,16-20H2,2-5H3. The fourth-order valence-electron chi connectivity index (χ4n) is 4.19. The van der Waals surface area contributed by atoms with Gasteiger partial charge in [0.2, 0.25) is 5.91 Å². The van der Waals surface area contributed by atoms with Crippen LogP contribution in [0, 0.1) is 5.41 Å². The monoisotopic (exact) mass is 522 g/mol. The predicted octanol–water partition coefficient (Wildman–Crippen LogP) is 3.87. The summed E-state index contributed by atoms with van der Waals surface area (Å²) in [6.45, 7) is 8.15. The highest BCUT2D eigenvalue weighted by atomic mass is 16.6. The number of rotatable bonds is 7. The Labute approximate surface area is 223 Å². The van der Waals surface area contributed by atoms with Gasteiger partial charge in [0.15, 0.2) is 5.41 Å². The number of amides is 3. The van der Waals surface area contributed by atoms with E-state index in [1.807, 2.05) is 6.07 Å². The molecule has 9 nitrogen and oxygen atoms in total. The molecule has 0 aliphatic carbocycles. The van der Waals surface area contributed by atoms with Crippen LogP contribution in [0.3, 0.4) is 0 Å². The van der Waals surface area contributed by atoms with E-state index in [2.05, 4.69) is 6.58 Å². The molecular weight excluding hydrogens is 488 g/mol. The van der Waals surface area contributed by atoms with E-state index in [1.165, 1.54) is 18.1 Å². The molecule has 0 aromatic heterocycles. The zero-order valence-corrected chi connectivity index (χ0v) is 22.3. The van der Waals surface area contributed by atoms with Crippen LogP contribution in [0.15, 0.2) is 67.3 Å². The Morgan fingerprint density at radius 3 is 2.26 bits per heavy atom. The number of imide groups is 1. The number of benzene rings is 2. The highest BCUT2D eigenvalue weighted by Crippen LogP contribution is 2.33. The van der Waals surface area contributed by atoms with Crippen LogP contribution >= 0.6 is 0 Å². The van der Waals surface area contributed by atoms with Gasteiger partial charge in [-0.3, -0.25) is 19.3 Å². The van der Waals surface area contributed by atoms with Gasteiger partial charge in [-0.25, -0.2) is 4.79 Å². The lowest BCUT2D eigenvalue weighted by molar-refractivity contribution is -0.163. The first-order valence-corrected chi connectivity index (χ1v) is 12.3. The Balaban J connectivity index is 2.11. The van der Waals surface area contributed by atoms with Gasteiger partial charge in [-0.15, -0.1) is 0 Å². The van der Waals surface area contributed by atoms with Crippen molar-refractivity contribution in [1.82, 2.24) is 9.80 Å². The molecule has 0 saturated carbocycles. The van der Waals surface area contributed by atoms with Gasteiger partial charge in [0.1, 0.15) is 18.0 Å². The van der Waals surface area contributed by atoms with Gasteiger partial charge in [0.05, 0.1) is 7.11 Å². The molecule has 3 rings (SSSR count). The number of nitrogens with zero attached hydrogens (tertiary/aromatic N) is 2. The Morgan fingerprint density at radius 2 is 1.68 bits per heavy atom. The van der Waals surface area contributed by atoms with Gasteiger partial charge >= 0.3 is 12.1 Å². The van der Waals surface area contributed by atoms with Crippen molar-refractivity contribution in [3.8, 4) is 5.75 Å². The topological polar surface area (TPSA) is 102 Å². The molecule has 1 saturated heterocycles. The second-order valence-electron chi connectivity index (χ2n) is 10.0. The molecule has 1 heterocycles. The van der Waals surface area contributed by atoms with Crippen molar-refractivity contribution in [3.63, 3.8) is 0 Å². The SMILES string of the molecule is C=CCOC(=O)C1(Cc2ccccc2)CN(C(=O)OC(C)(C)C)CCN(C(=O)c2ccc(OC)cc2)C1=O. The average Bonchev–Trinajstić information content (AvgIpc) is 3.04. The number of carbonyl (C=O) groups excluding carboxylic acids is 4. The third-order valence-corrected chi connectivity index (χ3v) is 6.01. The fraction of sp³-hybridized carbons (Fsp3) is 0.379. The normalized spacial score (nSPS) is 17.8. The van der Waals surface area contributed by atoms with Gasteiger partial charge in [0.25, 0.3) is 5.91 Å². The molecule has 1 fully saturated rings. The molecule has 3 amide bonds. The molecule has 202 valence electrons. The van der Waals surface area contributed by atoms with E-state index in [0.29, 0.717) is 11.3 Å². The third-order valence-electron chi connectivity index (χ3n) is 6.01. The summed E-state index contributed by atoms with van der Waals surface area (Å²) in [4.78, 5) is 57.0. The van der Waals surface area contributed by atoms with E-state index in [1.54, 1.807) is 69.3 Å². The first-order chi connectivity index (χ1) is 18.0. The lowest BCUT2D eigenvalue weighted by Gasteiger charge is -2.34. The molecule has 9 heteroatoms. The maximum absolute atomic E-state index is 14.2. The molecule has 2 aromatic rings. The number of hydrogen-bond donors (Lipinski definition) is 0. The van der Waals surface area contributed by atoms with Gasteiger partial charge in [-0.2, -0.15) is 0 Å². The Kier molecular flexibility index (Phi) is 8.93. The van der Waals surface area contributed by atoms with Crippen molar-refractivity contribution < 1.29 is 33.4 Å². The Hall–Kier alpha value is -4.14. The summed E-state index contributed by atoms with van der Waals surface area (Å²) in [5.41, 5.74) is -1.81. The van der Waals surface area contributed by atoms with Crippen molar-refractivity contribution in [2.24, 2.45) is 5.41 Å². The van der Waals surface area contributed by atoms with E-state index in [9.17, 15) is 19.2 Å². The second kappa shape index (κ2) is 11.9. The van der Waals surface area contributed by atoms with Gasteiger partial charge < -0.3 is 19.1 Å². The minimum Gasteiger partial charge on any atom is -0.497 e. The van der Waals surface area contributed by atoms with Crippen molar-refractivity contribution >= 4 is 23.9 Å². The molecule has 0 radical (unpaired) electrons. The van der Waals surface area contributed by atoms with Crippen molar-refractivity contribution in [3.05, 3.63) is 78.4 Å². The summed E-state index contributed by atoms with van der Waals surface area (Å²) in [6, 6.07) is 15.2. The summed E-state index contributed by atoms with van der Waals surface area (Å²) in [6.07, 6.45) is 0.605. The molecule has 2 aromatic carbocycles. The number of carbonyl (C=O) groups is 4. The van der Waals surface area contributed by atoms with E-state index in [0.717, 1.165) is 4.90 Å². The van der Waals surface area contributed by atoms with Crippen molar-refractivity contribution in [1.29, 1.82) is 0 Å². The van der Waals surface area contributed by atoms with E-state index in [-0.39, 0.29) is 38.2 Å². The van der Waals surface area contributed by atoms with Gasteiger partial charge in [-0.1, -0.05) is 43.0 Å². The molecule has 1 aliphatic rings. The molecule has 1 aliphatic heterocycles. The van der Waals surface area contributed by atoms with Crippen LogP contribution in [-0.4, -0.2) is 72.6 Å². The Morgan fingerprint density at radius 1 is 1.03 bits per heavy atom. The lowest BCUT2D eigenvalue weighted by Crippen LogP contribution is -2.55. The largest absolute Gasteiger partial charge is 0.497 e. The van der Waals surface area contributed by atoms with Crippen LogP contribution in [0.25, 0.3) is 0 Å². The number of hydrogen-bond acceptors (Lipinski definition) is 7. The summed E-state index contributed by atoms with van der Waals surface area (Å²) in [5.74, 6) is -1.65. The van der Waals surface area contributed by atoms with Crippen LogP contribution in [0.2, 0.25) is 0 Å². The summed E-state index contributed by atoms with van der Waals surface area (Å²) in [5, 5.41) is 0. The summed E-state index contributed by atoms with van der Waals surface area (Å²) in [7, 11) is 1.51. The molecular formula is C29H34N2O7. The van der Waals surface area contributed by atoms with Gasteiger partial charge in [-0.05, 0) is 57.0 Å². The highest BCUT2D eigenvalue weighted by Gasteiger charge is 2.54. The predicted molar refractivity (Wildman–Crippen MR) is 141 cm³/mol. The van der Waals surface area contributed by atoms with Crippen molar-refractivity contribution in [2.45, 2.75) is 32.8 Å². The van der Waals surface area contributed by atoms with Crippen LogP contribution < -0.4 is 4.74 Å². The lowest BCUT2D eigenvalue weighted by atomic mass is 9.79. The first kappa shape index (κ1) is 28.4. The van der Waals surface area contributed by atoms with E-state index < -0.39 is 34.9 Å². The van der Waals surface area contributed by atoms with E-state index in [4.69, 9.17) is 14.2 Å². The maximum atomic E-state index is 14.2. The van der Waals surface area contributed by atoms with Crippen molar-refractivity contribution in [2.75, 3.05) is 33.4 Å². The number of esters is 1. The fourth-order valence-corrected chi connectivity index (χ4v) is 4.19. The molecule has 1 atom stereocenters. The van der Waals surface area contributed by atoms with Crippen LogP contribution in [0.1, 0.15) is 36.7 Å². The smallest absolute Gasteiger partial charge is 0.410 e. The quantitative estimate of drug-likeness (QED) is 0.235. The van der Waals surface area contributed by atoms with Gasteiger partial charge in [0, 0.05) is 25.2 Å². The van der Waals surface area contributed by atoms with Crippen LogP contribution in [0.4, 0.5) is 4.79 Å². The van der Waals surface area contributed by atoms with Crippen LogP contribution in [0.5, 0.6) is 5.75 Å². The Bertz CT molecular complexity index is 1170. The number of ether oxygens (including phenoxy) is 3. The van der Waals surface area contributed by atoms with E-state index >= 15 is 0 Å². The minimum atomic E-state index is -1.90. The molecule has 38 heavy (non-hydrogen) atoms. The highest BCUT2D eigenvalue weighted by molar-refractivity contribution is 6.13.